The Labute approximate surface area is 80.2 Å². The lowest BCUT2D eigenvalue weighted by Crippen LogP contribution is -2.15. The number of rotatable bonds is 5. The predicted molar refractivity (Wildman–Crippen MR) is 44.6 cm³/mol. The molecule has 0 aromatic heterocycles. The summed E-state index contributed by atoms with van der Waals surface area (Å²) < 4.78 is 56.0. The van der Waals surface area contributed by atoms with Gasteiger partial charge in [0.25, 0.3) is 0 Å². The first-order valence-corrected chi connectivity index (χ1v) is 5.92. The molecule has 7 heteroatoms. The molecule has 0 saturated carbocycles. The number of hydrogen-bond donors (Lipinski definition) is 0. The van der Waals surface area contributed by atoms with E-state index in [4.69, 9.17) is 0 Å². The monoisotopic (exact) mass is 232 g/mol. The van der Waals surface area contributed by atoms with Crippen LogP contribution < -0.4 is 0 Å². The minimum atomic E-state index is -4.29. The Morgan fingerprint density at radius 1 is 1.29 bits per heavy atom. The molecule has 0 saturated heterocycles. The molecule has 0 aliphatic rings. The zero-order valence-electron chi connectivity index (χ0n) is 7.60. The van der Waals surface area contributed by atoms with Gasteiger partial charge in [0, 0.05) is 19.1 Å². The fourth-order valence-corrected chi connectivity index (χ4v) is 1.58. The Kier molecular flexibility index (Phi) is 4.57. The molecule has 0 rings (SSSR count). The van der Waals surface area contributed by atoms with Crippen LogP contribution in [0.15, 0.2) is 0 Å². The summed E-state index contributed by atoms with van der Waals surface area (Å²) in [6.07, 6.45) is -5.16. The van der Waals surface area contributed by atoms with Crippen molar-refractivity contribution < 1.29 is 26.4 Å². The van der Waals surface area contributed by atoms with Gasteiger partial charge in [0.2, 0.25) is 0 Å². The SMILES string of the molecule is CS(=O)(=O)CC(=O)CCCC(F)(F)F. The number of Topliss-reactive ketones (excluding diaryl/α,β-unsaturated/α-hetero) is 1. The van der Waals surface area contributed by atoms with Crippen molar-refractivity contribution in [3.8, 4) is 0 Å². The zero-order chi connectivity index (χ0) is 11.4. The van der Waals surface area contributed by atoms with E-state index in [0.29, 0.717) is 0 Å². The van der Waals surface area contributed by atoms with E-state index in [1.165, 1.54) is 0 Å². The second-order valence-corrected chi connectivity index (χ2v) is 5.22. The number of sulfone groups is 1. The largest absolute Gasteiger partial charge is 0.389 e. The van der Waals surface area contributed by atoms with E-state index in [1.54, 1.807) is 0 Å². The van der Waals surface area contributed by atoms with Crippen molar-refractivity contribution in [2.24, 2.45) is 0 Å². The van der Waals surface area contributed by atoms with Gasteiger partial charge >= 0.3 is 6.18 Å². The van der Waals surface area contributed by atoms with Gasteiger partial charge in [-0.2, -0.15) is 13.2 Å². The van der Waals surface area contributed by atoms with Gasteiger partial charge in [-0.05, 0) is 6.42 Å². The van der Waals surface area contributed by atoms with Gasteiger partial charge in [-0.1, -0.05) is 0 Å². The Morgan fingerprint density at radius 2 is 1.79 bits per heavy atom. The quantitative estimate of drug-likeness (QED) is 0.718. The topological polar surface area (TPSA) is 51.2 Å². The summed E-state index contributed by atoms with van der Waals surface area (Å²) in [6, 6.07) is 0. The van der Waals surface area contributed by atoms with Gasteiger partial charge < -0.3 is 0 Å². The Morgan fingerprint density at radius 3 is 2.14 bits per heavy atom. The Hall–Kier alpha value is -0.590. The van der Waals surface area contributed by atoms with Crippen LogP contribution in [0.25, 0.3) is 0 Å². The molecule has 0 aliphatic carbocycles. The number of alkyl halides is 3. The molecule has 0 spiro atoms. The molecule has 0 N–H and O–H groups in total. The van der Waals surface area contributed by atoms with Gasteiger partial charge in [-0.25, -0.2) is 8.42 Å². The average Bonchev–Trinajstić information content (AvgIpc) is 1.78. The van der Waals surface area contributed by atoms with Crippen LogP contribution in [-0.4, -0.2) is 32.4 Å². The van der Waals surface area contributed by atoms with E-state index in [-0.39, 0.29) is 12.8 Å². The molecule has 0 aromatic rings. The van der Waals surface area contributed by atoms with Crippen molar-refractivity contribution in [3.63, 3.8) is 0 Å². The predicted octanol–water partition coefficient (Wildman–Crippen LogP) is 1.33. The third-order valence-electron chi connectivity index (χ3n) is 1.34. The van der Waals surface area contributed by atoms with Crippen molar-refractivity contribution in [3.05, 3.63) is 0 Å². The molecule has 0 aromatic carbocycles. The van der Waals surface area contributed by atoms with Crippen molar-refractivity contribution >= 4 is 15.6 Å². The van der Waals surface area contributed by atoms with E-state index in [9.17, 15) is 26.4 Å². The molecule has 3 nitrogen and oxygen atoms in total. The fraction of sp³-hybridized carbons (Fsp3) is 0.857. The smallest absolute Gasteiger partial charge is 0.299 e. The van der Waals surface area contributed by atoms with Crippen molar-refractivity contribution in [2.75, 3.05) is 12.0 Å². The number of carbonyl (C=O) groups excluding carboxylic acids is 1. The molecule has 0 radical (unpaired) electrons. The lowest BCUT2D eigenvalue weighted by Gasteiger charge is -2.04. The summed E-state index contributed by atoms with van der Waals surface area (Å²) in [4.78, 5) is 10.8. The summed E-state index contributed by atoms with van der Waals surface area (Å²) in [5.74, 6) is -1.35. The van der Waals surface area contributed by atoms with Gasteiger partial charge in [-0.15, -0.1) is 0 Å². The third-order valence-corrected chi connectivity index (χ3v) is 2.19. The van der Waals surface area contributed by atoms with Crippen molar-refractivity contribution in [1.82, 2.24) is 0 Å². The van der Waals surface area contributed by atoms with E-state index in [1.807, 2.05) is 0 Å². The second-order valence-electron chi connectivity index (χ2n) is 3.08. The summed E-state index contributed by atoms with van der Waals surface area (Å²) in [7, 11) is -3.42. The third kappa shape index (κ3) is 9.50. The average molecular weight is 232 g/mol. The highest BCUT2D eigenvalue weighted by Gasteiger charge is 2.26. The van der Waals surface area contributed by atoms with Crippen LogP contribution in [0, 0.1) is 0 Å². The van der Waals surface area contributed by atoms with Gasteiger partial charge in [0.1, 0.15) is 11.5 Å². The minimum absolute atomic E-state index is 0.341. The molecule has 14 heavy (non-hydrogen) atoms. The minimum Gasteiger partial charge on any atom is -0.299 e. The maximum Gasteiger partial charge on any atom is 0.389 e. The highest BCUT2D eigenvalue weighted by molar-refractivity contribution is 7.91. The van der Waals surface area contributed by atoms with E-state index >= 15 is 0 Å². The first-order valence-electron chi connectivity index (χ1n) is 3.86. The molecule has 0 atom stereocenters. The first-order chi connectivity index (χ1) is 6.10. The van der Waals surface area contributed by atoms with Crippen molar-refractivity contribution in [1.29, 1.82) is 0 Å². The van der Waals surface area contributed by atoms with Crippen LogP contribution in [0.1, 0.15) is 19.3 Å². The van der Waals surface area contributed by atoms with Crippen LogP contribution in [0.5, 0.6) is 0 Å². The summed E-state index contributed by atoms with van der Waals surface area (Å²) >= 11 is 0. The highest BCUT2D eigenvalue weighted by Crippen LogP contribution is 2.22. The molecular weight excluding hydrogens is 221 g/mol. The molecule has 0 bridgehead atoms. The van der Waals surface area contributed by atoms with Crippen LogP contribution in [-0.2, 0) is 14.6 Å². The number of ketones is 1. The number of carbonyl (C=O) groups is 1. The van der Waals surface area contributed by atoms with E-state index < -0.39 is 34.0 Å². The molecule has 0 unspecified atom stereocenters. The van der Waals surface area contributed by atoms with Gasteiger partial charge in [0.05, 0.1) is 0 Å². The number of halogens is 3. The zero-order valence-corrected chi connectivity index (χ0v) is 8.41. The van der Waals surface area contributed by atoms with Gasteiger partial charge in [0.15, 0.2) is 9.84 Å². The van der Waals surface area contributed by atoms with Crippen LogP contribution in [0.4, 0.5) is 13.2 Å². The maximum absolute atomic E-state index is 11.6. The summed E-state index contributed by atoms with van der Waals surface area (Å²) in [5.41, 5.74) is 0. The highest BCUT2D eigenvalue weighted by atomic mass is 32.2. The molecule has 0 amide bonds. The second kappa shape index (κ2) is 4.77. The molecule has 0 fully saturated rings. The van der Waals surface area contributed by atoms with E-state index in [2.05, 4.69) is 0 Å². The lowest BCUT2D eigenvalue weighted by molar-refractivity contribution is -0.136. The standard InChI is InChI=1S/C7H11F3O3S/c1-14(12,13)5-6(11)3-2-4-7(8,9)10/h2-5H2,1H3. The van der Waals surface area contributed by atoms with Crippen LogP contribution >= 0.6 is 0 Å². The Balaban J connectivity index is 3.77. The molecule has 0 aliphatic heterocycles. The number of hydrogen-bond acceptors (Lipinski definition) is 3. The van der Waals surface area contributed by atoms with Crippen LogP contribution in [0.3, 0.4) is 0 Å². The fourth-order valence-electron chi connectivity index (χ4n) is 0.851. The first kappa shape index (κ1) is 13.4. The van der Waals surface area contributed by atoms with Gasteiger partial charge in [-0.3, -0.25) is 4.79 Å². The van der Waals surface area contributed by atoms with Crippen LogP contribution in [0.2, 0.25) is 0 Å². The lowest BCUT2D eigenvalue weighted by atomic mass is 10.2. The van der Waals surface area contributed by atoms with E-state index in [0.717, 1.165) is 6.26 Å². The molecule has 0 heterocycles. The normalized spacial score (nSPS) is 12.9. The Bertz CT molecular complexity index is 292. The summed E-state index contributed by atoms with van der Waals surface area (Å²) in [6.45, 7) is 0. The van der Waals surface area contributed by atoms with Crippen molar-refractivity contribution in [2.45, 2.75) is 25.4 Å². The molecule has 84 valence electrons. The summed E-state index contributed by atoms with van der Waals surface area (Å²) in [5, 5.41) is 0. The molecular formula is C7H11F3O3S. The maximum atomic E-state index is 11.6.